The molecular formula is C25H44N4O4. The third-order valence-electron chi connectivity index (χ3n) is 6.72. The van der Waals surface area contributed by atoms with Crippen molar-refractivity contribution in [1.82, 2.24) is 20.9 Å². The van der Waals surface area contributed by atoms with E-state index < -0.39 is 11.8 Å². The SMILES string of the molecule is C=C(NC(CC1CCC1)C(=O)C=O)C(C)CCCN(C)C(=O)CC(NC(=O)NC)C(C)(C)C. The number of urea groups is 1. The molecule has 3 atom stereocenters. The van der Waals surface area contributed by atoms with E-state index in [-0.39, 0.29) is 35.7 Å². The second-order valence-electron chi connectivity index (χ2n) is 10.5. The van der Waals surface area contributed by atoms with Gasteiger partial charge in [-0.2, -0.15) is 0 Å². The molecule has 1 aliphatic rings. The van der Waals surface area contributed by atoms with E-state index in [4.69, 9.17) is 0 Å². The number of nitrogens with zero attached hydrogens (tertiary/aromatic N) is 1. The van der Waals surface area contributed by atoms with Crippen molar-refractivity contribution in [3.63, 3.8) is 0 Å². The molecule has 0 radical (unpaired) electrons. The lowest BCUT2D eigenvalue weighted by atomic mass is 9.80. The van der Waals surface area contributed by atoms with Crippen molar-refractivity contribution < 1.29 is 19.2 Å². The lowest BCUT2D eigenvalue weighted by molar-refractivity contribution is -0.131. The van der Waals surface area contributed by atoms with Crippen molar-refractivity contribution in [1.29, 1.82) is 0 Å². The molecule has 0 spiro atoms. The number of amides is 3. The van der Waals surface area contributed by atoms with Crippen molar-refractivity contribution in [2.45, 2.75) is 84.7 Å². The molecular weight excluding hydrogens is 420 g/mol. The number of rotatable bonds is 14. The average Bonchev–Trinajstić information content (AvgIpc) is 2.72. The molecule has 188 valence electrons. The molecule has 8 nitrogen and oxygen atoms in total. The number of hydrogen-bond acceptors (Lipinski definition) is 5. The van der Waals surface area contributed by atoms with Gasteiger partial charge in [-0.05, 0) is 36.5 Å². The first-order valence-electron chi connectivity index (χ1n) is 12.1. The maximum absolute atomic E-state index is 12.7. The Morgan fingerprint density at radius 1 is 1.18 bits per heavy atom. The van der Waals surface area contributed by atoms with Gasteiger partial charge in [-0.1, -0.05) is 53.5 Å². The summed E-state index contributed by atoms with van der Waals surface area (Å²) < 4.78 is 0. The molecule has 3 N–H and O–H groups in total. The lowest BCUT2D eigenvalue weighted by Gasteiger charge is -2.32. The Morgan fingerprint density at radius 3 is 2.30 bits per heavy atom. The summed E-state index contributed by atoms with van der Waals surface area (Å²) in [6, 6.07) is -1.07. The van der Waals surface area contributed by atoms with Gasteiger partial charge >= 0.3 is 6.03 Å². The monoisotopic (exact) mass is 464 g/mol. The van der Waals surface area contributed by atoms with Crippen LogP contribution in [0.25, 0.3) is 0 Å². The molecule has 1 rings (SSSR count). The van der Waals surface area contributed by atoms with E-state index >= 15 is 0 Å². The van der Waals surface area contributed by atoms with Gasteiger partial charge in [0, 0.05) is 38.8 Å². The molecule has 8 heteroatoms. The van der Waals surface area contributed by atoms with Crippen molar-refractivity contribution in [3.05, 3.63) is 12.3 Å². The number of allylic oxidation sites excluding steroid dienone is 1. The Hall–Kier alpha value is -2.38. The zero-order chi connectivity index (χ0) is 25.2. The quantitative estimate of drug-likeness (QED) is 0.271. The Kier molecular flexibility index (Phi) is 11.6. The average molecular weight is 465 g/mol. The maximum atomic E-state index is 12.7. The van der Waals surface area contributed by atoms with E-state index in [1.165, 1.54) is 6.42 Å². The van der Waals surface area contributed by atoms with Gasteiger partial charge in [-0.3, -0.25) is 14.4 Å². The first kappa shape index (κ1) is 28.7. The predicted molar refractivity (Wildman–Crippen MR) is 131 cm³/mol. The number of Topliss-reactive ketones (excluding diaryl/α,β-unsaturated/α-hetero) is 1. The number of hydrogen-bond donors (Lipinski definition) is 3. The Labute approximate surface area is 199 Å². The molecule has 0 aromatic carbocycles. The van der Waals surface area contributed by atoms with Crippen molar-refractivity contribution in [3.8, 4) is 0 Å². The van der Waals surface area contributed by atoms with Gasteiger partial charge in [0.1, 0.15) is 0 Å². The minimum absolute atomic E-state index is 0.0203. The molecule has 0 aromatic rings. The largest absolute Gasteiger partial charge is 0.378 e. The molecule has 3 amide bonds. The summed E-state index contributed by atoms with van der Waals surface area (Å²) in [5.74, 6) is 0.172. The van der Waals surface area contributed by atoms with Crippen LogP contribution in [-0.4, -0.2) is 61.6 Å². The van der Waals surface area contributed by atoms with Crippen LogP contribution in [0.1, 0.15) is 72.6 Å². The van der Waals surface area contributed by atoms with Gasteiger partial charge in [0.15, 0.2) is 6.29 Å². The molecule has 0 aliphatic heterocycles. The highest BCUT2D eigenvalue weighted by Crippen LogP contribution is 2.31. The molecule has 0 aromatic heterocycles. The van der Waals surface area contributed by atoms with Crippen molar-refractivity contribution >= 4 is 24.0 Å². The van der Waals surface area contributed by atoms with Crippen LogP contribution in [-0.2, 0) is 14.4 Å². The van der Waals surface area contributed by atoms with Gasteiger partial charge in [-0.15, -0.1) is 0 Å². The van der Waals surface area contributed by atoms with E-state index in [1.807, 2.05) is 27.7 Å². The first-order chi connectivity index (χ1) is 15.4. The molecule has 1 aliphatic carbocycles. The van der Waals surface area contributed by atoms with Crippen LogP contribution in [0.4, 0.5) is 4.79 Å². The summed E-state index contributed by atoms with van der Waals surface area (Å²) >= 11 is 0. The van der Waals surface area contributed by atoms with Crippen LogP contribution in [0.2, 0.25) is 0 Å². The van der Waals surface area contributed by atoms with Crippen molar-refractivity contribution in [2.75, 3.05) is 20.6 Å². The fraction of sp³-hybridized carbons (Fsp3) is 0.760. The smallest absolute Gasteiger partial charge is 0.314 e. The summed E-state index contributed by atoms with van der Waals surface area (Å²) in [7, 11) is 3.33. The fourth-order valence-electron chi connectivity index (χ4n) is 3.82. The summed E-state index contributed by atoms with van der Waals surface area (Å²) in [6.45, 7) is 12.7. The topological polar surface area (TPSA) is 108 Å². The van der Waals surface area contributed by atoms with E-state index in [0.717, 1.165) is 31.4 Å². The number of ketones is 1. The van der Waals surface area contributed by atoms with Gasteiger partial charge in [-0.25, -0.2) is 4.79 Å². The molecule has 33 heavy (non-hydrogen) atoms. The van der Waals surface area contributed by atoms with E-state index in [9.17, 15) is 19.2 Å². The molecule has 1 saturated carbocycles. The zero-order valence-corrected chi connectivity index (χ0v) is 21.3. The standard InChI is InChI=1S/C25H44N4O4/c1-17(18(2)27-20(21(31)16-30)14-19-11-8-12-19)10-9-13-29(7)23(32)15-22(25(3,4)5)28-24(33)26-6/h16-17,19-20,22,27H,2,8-15H2,1,3-7H3,(H2,26,28,33). The predicted octanol–water partition coefficient (Wildman–Crippen LogP) is 3.03. The van der Waals surface area contributed by atoms with Crippen LogP contribution in [0, 0.1) is 17.3 Å². The highest BCUT2D eigenvalue weighted by molar-refractivity contribution is 6.27. The summed E-state index contributed by atoms with van der Waals surface area (Å²) in [5, 5.41) is 8.60. The van der Waals surface area contributed by atoms with Gasteiger partial charge < -0.3 is 20.9 Å². The second kappa shape index (κ2) is 13.4. The second-order valence-corrected chi connectivity index (χ2v) is 10.5. The number of nitrogens with one attached hydrogen (secondary N) is 3. The minimum atomic E-state index is -0.492. The summed E-state index contributed by atoms with van der Waals surface area (Å²) in [6.07, 6.45) is 6.31. The highest BCUT2D eigenvalue weighted by Gasteiger charge is 2.30. The third kappa shape index (κ3) is 9.96. The van der Waals surface area contributed by atoms with Crippen LogP contribution in [0.15, 0.2) is 12.3 Å². The summed E-state index contributed by atoms with van der Waals surface area (Å²) in [5.41, 5.74) is 0.502. The Balaban J connectivity index is 2.49. The van der Waals surface area contributed by atoms with E-state index in [0.29, 0.717) is 25.2 Å². The number of carbonyl (C=O) groups excluding carboxylic acids is 4. The van der Waals surface area contributed by atoms with E-state index in [2.05, 4.69) is 22.5 Å². The molecule has 0 bridgehead atoms. The highest BCUT2D eigenvalue weighted by atomic mass is 16.2. The fourth-order valence-corrected chi connectivity index (χ4v) is 3.82. The lowest BCUT2D eigenvalue weighted by Crippen LogP contribution is -2.49. The van der Waals surface area contributed by atoms with Crippen LogP contribution >= 0.6 is 0 Å². The van der Waals surface area contributed by atoms with Crippen LogP contribution < -0.4 is 16.0 Å². The molecule has 0 heterocycles. The maximum Gasteiger partial charge on any atom is 0.314 e. The molecule has 1 fully saturated rings. The summed E-state index contributed by atoms with van der Waals surface area (Å²) in [4.78, 5) is 49.2. The van der Waals surface area contributed by atoms with Gasteiger partial charge in [0.2, 0.25) is 11.7 Å². The Morgan fingerprint density at radius 2 is 1.82 bits per heavy atom. The van der Waals surface area contributed by atoms with Crippen LogP contribution in [0.5, 0.6) is 0 Å². The normalized spacial score (nSPS) is 16.5. The number of aldehydes is 1. The van der Waals surface area contributed by atoms with E-state index in [1.54, 1.807) is 19.0 Å². The Bertz CT molecular complexity index is 697. The van der Waals surface area contributed by atoms with Gasteiger partial charge in [0.25, 0.3) is 0 Å². The molecule has 0 saturated heterocycles. The van der Waals surface area contributed by atoms with Gasteiger partial charge in [0.05, 0.1) is 6.04 Å². The number of carbonyl (C=O) groups is 4. The third-order valence-corrected chi connectivity index (χ3v) is 6.72. The van der Waals surface area contributed by atoms with Crippen molar-refractivity contribution in [2.24, 2.45) is 17.3 Å². The molecule has 3 unspecified atom stereocenters. The first-order valence-corrected chi connectivity index (χ1v) is 12.1. The zero-order valence-electron chi connectivity index (χ0n) is 21.3. The minimum Gasteiger partial charge on any atom is -0.378 e. The van der Waals surface area contributed by atoms with Crippen LogP contribution in [0.3, 0.4) is 0 Å².